The summed E-state index contributed by atoms with van der Waals surface area (Å²) >= 11 is 0. The molecule has 0 radical (unpaired) electrons. The van der Waals surface area contributed by atoms with Gasteiger partial charge in [-0.15, -0.1) is 0 Å². The Hall–Kier alpha value is -0.0800. The van der Waals surface area contributed by atoms with E-state index in [2.05, 4.69) is 20.8 Å². The van der Waals surface area contributed by atoms with E-state index < -0.39 is 0 Å². The van der Waals surface area contributed by atoms with Crippen molar-refractivity contribution in [3.63, 3.8) is 0 Å². The maximum Gasteiger partial charge on any atom is 0.0617 e. The average Bonchev–Trinajstić information content (AvgIpc) is 2.22. The van der Waals surface area contributed by atoms with Crippen LogP contribution in [0.25, 0.3) is 0 Å². The first kappa shape index (κ1) is 14.8. The zero-order valence-electron chi connectivity index (χ0n) is 13.7. The Morgan fingerprint density at radius 3 is 2.30 bits per heavy atom. The molecule has 0 aliphatic heterocycles. The normalized spacial score (nSPS) is 47.7. The number of hydrogen-bond acceptors (Lipinski definition) is 2. The van der Waals surface area contributed by atoms with Crippen molar-refractivity contribution in [3.8, 4) is 0 Å². The van der Waals surface area contributed by atoms with Crippen LogP contribution in [0.15, 0.2) is 0 Å². The summed E-state index contributed by atoms with van der Waals surface area (Å²) in [4.78, 5) is 0. The SMILES string of the molecule is CCCOCC(N)CC12CC3CC(C)(CC(C)(C3)C1)C2. The summed E-state index contributed by atoms with van der Waals surface area (Å²) in [6.45, 7) is 8.87. The monoisotopic (exact) mass is 279 g/mol. The van der Waals surface area contributed by atoms with Crippen LogP contribution in [-0.2, 0) is 4.74 Å². The van der Waals surface area contributed by atoms with E-state index in [-0.39, 0.29) is 6.04 Å². The van der Waals surface area contributed by atoms with E-state index in [0.717, 1.165) is 25.6 Å². The van der Waals surface area contributed by atoms with E-state index >= 15 is 0 Å². The van der Waals surface area contributed by atoms with Crippen molar-refractivity contribution in [1.82, 2.24) is 0 Å². The van der Waals surface area contributed by atoms with E-state index in [4.69, 9.17) is 10.5 Å². The molecule has 116 valence electrons. The van der Waals surface area contributed by atoms with Gasteiger partial charge < -0.3 is 10.5 Å². The Morgan fingerprint density at radius 1 is 1.10 bits per heavy atom. The van der Waals surface area contributed by atoms with Crippen LogP contribution in [0.2, 0.25) is 0 Å². The fourth-order valence-corrected chi connectivity index (χ4v) is 6.91. The second kappa shape index (κ2) is 4.98. The zero-order valence-corrected chi connectivity index (χ0v) is 13.7. The minimum absolute atomic E-state index is 0.241. The van der Waals surface area contributed by atoms with Gasteiger partial charge in [0.2, 0.25) is 0 Å². The first-order chi connectivity index (χ1) is 9.36. The molecule has 0 heterocycles. The van der Waals surface area contributed by atoms with Crippen LogP contribution >= 0.6 is 0 Å². The van der Waals surface area contributed by atoms with E-state index in [9.17, 15) is 0 Å². The summed E-state index contributed by atoms with van der Waals surface area (Å²) in [6.07, 6.45) is 11.0. The van der Waals surface area contributed by atoms with Crippen LogP contribution in [0.4, 0.5) is 0 Å². The van der Waals surface area contributed by atoms with Gasteiger partial charge in [0.15, 0.2) is 0 Å². The zero-order chi connectivity index (χ0) is 14.4. The highest BCUT2D eigenvalue weighted by molar-refractivity contribution is 5.10. The Balaban J connectivity index is 1.66. The predicted molar refractivity (Wildman–Crippen MR) is 83.5 cm³/mol. The minimum atomic E-state index is 0.241. The summed E-state index contributed by atoms with van der Waals surface area (Å²) in [7, 11) is 0. The summed E-state index contributed by atoms with van der Waals surface area (Å²) in [6, 6.07) is 0.241. The summed E-state index contributed by atoms with van der Waals surface area (Å²) in [5, 5.41) is 0. The molecule has 0 saturated heterocycles. The van der Waals surface area contributed by atoms with Crippen molar-refractivity contribution < 1.29 is 4.74 Å². The molecule has 2 N–H and O–H groups in total. The third kappa shape index (κ3) is 2.78. The molecule has 0 aromatic carbocycles. The van der Waals surface area contributed by atoms with Crippen molar-refractivity contribution in [1.29, 1.82) is 0 Å². The van der Waals surface area contributed by atoms with Crippen molar-refractivity contribution in [3.05, 3.63) is 0 Å². The summed E-state index contributed by atoms with van der Waals surface area (Å²) in [5.41, 5.74) is 8.16. The van der Waals surface area contributed by atoms with Crippen LogP contribution in [0.5, 0.6) is 0 Å². The predicted octanol–water partition coefficient (Wildman–Crippen LogP) is 4.13. The lowest BCUT2D eigenvalue weighted by atomic mass is 9.39. The Kier molecular flexibility index (Phi) is 3.70. The third-order valence-electron chi connectivity index (χ3n) is 6.12. The lowest BCUT2D eigenvalue weighted by molar-refractivity contribution is -0.150. The van der Waals surface area contributed by atoms with Gasteiger partial charge in [0, 0.05) is 12.6 Å². The smallest absolute Gasteiger partial charge is 0.0617 e. The second-order valence-electron chi connectivity index (χ2n) is 9.17. The van der Waals surface area contributed by atoms with Crippen molar-refractivity contribution in [2.75, 3.05) is 13.2 Å². The van der Waals surface area contributed by atoms with Gasteiger partial charge in [0.1, 0.15) is 0 Å². The second-order valence-corrected chi connectivity index (χ2v) is 9.17. The Bertz CT molecular complexity index is 348. The molecular weight excluding hydrogens is 246 g/mol. The van der Waals surface area contributed by atoms with Gasteiger partial charge in [0.05, 0.1) is 6.61 Å². The molecule has 4 fully saturated rings. The van der Waals surface area contributed by atoms with Gasteiger partial charge in [-0.25, -0.2) is 0 Å². The fraction of sp³-hybridized carbons (Fsp3) is 1.00. The lowest BCUT2D eigenvalue weighted by Gasteiger charge is -2.66. The highest BCUT2D eigenvalue weighted by atomic mass is 16.5. The van der Waals surface area contributed by atoms with Gasteiger partial charge in [-0.2, -0.15) is 0 Å². The average molecular weight is 279 g/mol. The maximum atomic E-state index is 6.40. The number of ether oxygens (including phenoxy) is 1. The first-order valence-corrected chi connectivity index (χ1v) is 8.69. The highest BCUT2D eigenvalue weighted by Gasteiger charge is 2.59. The van der Waals surface area contributed by atoms with Crippen molar-refractivity contribution in [2.24, 2.45) is 27.9 Å². The van der Waals surface area contributed by atoms with E-state index in [1.54, 1.807) is 0 Å². The fourth-order valence-electron chi connectivity index (χ4n) is 6.91. The van der Waals surface area contributed by atoms with E-state index in [0.29, 0.717) is 16.2 Å². The molecule has 0 amide bonds. The lowest BCUT2D eigenvalue weighted by Crippen LogP contribution is -2.56. The van der Waals surface area contributed by atoms with Crippen LogP contribution < -0.4 is 5.73 Å². The van der Waals surface area contributed by atoms with Crippen molar-refractivity contribution in [2.45, 2.75) is 78.2 Å². The standard InChI is InChI=1S/C18H33NO/c1-4-5-20-10-15(19)9-18-8-14-6-16(2,12-18)11-17(3,7-14)13-18/h14-15H,4-13,19H2,1-3H3. The number of hydrogen-bond donors (Lipinski definition) is 1. The molecule has 2 nitrogen and oxygen atoms in total. The molecule has 0 aromatic rings. The van der Waals surface area contributed by atoms with Crippen LogP contribution in [0.1, 0.15) is 72.1 Å². The molecule has 4 aliphatic carbocycles. The van der Waals surface area contributed by atoms with E-state index in [1.165, 1.54) is 44.9 Å². The molecule has 4 saturated carbocycles. The summed E-state index contributed by atoms with van der Waals surface area (Å²) < 4.78 is 5.68. The molecule has 3 unspecified atom stereocenters. The van der Waals surface area contributed by atoms with Gasteiger partial charge in [-0.05, 0) is 73.5 Å². The first-order valence-electron chi connectivity index (χ1n) is 8.69. The molecule has 4 aliphatic rings. The quantitative estimate of drug-likeness (QED) is 0.742. The van der Waals surface area contributed by atoms with E-state index in [1.807, 2.05) is 0 Å². The molecule has 4 bridgehead atoms. The largest absolute Gasteiger partial charge is 0.380 e. The molecular formula is C18H33NO. The third-order valence-corrected chi connectivity index (χ3v) is 6.12. The number of nitrogens with two attached hydrogens (primary N) is 1. The number of rotatable bonds is 6. The Morgan fingerprint density at radius 2 is 1.75 bits per heavy atom. The van der Waals surface area contributed by atoms with Crippen LogP contribution in [-0.4, -0.2) is 19.3 Å². The molecule has 0 spiro atoms. The molecule has 0 aromatic heterocycles. The highest BCUT2D eigenvalue weighted by Crippen LogP contribution is 2.70. The van der Waals surface area contributed by atoms with Crippen LogP contribution in [0.3, 0.4) is 0 Å². The van der Waals surface area contributed by atoms with Gasteiger partial charge in [-0.3, -0.25) is 0 Å². The van der Waals surface area contributed by atoms with Gasteiger partial charge >= 0.3 is 0 Å². The molecule has 2 heteroatoms. The molecule has 4 rings (SSSR count). The molecule has 3 atom stereocenters. The maximum absolute atomic E-state index is 6.40. The van der Waals surface area contributed by atoms with Crippen molar-refractivity contribution >= 4 is 0 Å². The topological polar surface area (TPSA) is 35.2 Å². The van der Waals surface area contributed by atoms with Gasteiger partial charge in [0.25, 0.3) is 0 Å². The minimum Gasteiger partial charge on any atom is -0.380 e. The van der Waals surface area contributed by atoms with Gasteiger partial charge in [-0.1, -0.05) is 20.8 Å². The summed E-state index contributed by atoms with van der Waals surface area (Å²) in [5.74, 6) is 0.977. The molecule has 20 heavy (non-hydrogen) atoms. The van der Waals surface area contributed by atoms with Crippen LogP contribution in [0, 0.1) is 22.2 Å². The Labute approximate surface area is 124 Å².